The van der Waals surface area contributed by atoms with Crippen molar-refractivity contribution in [2.45, 2.75) is 4.90 Å². The number of nitrogens with two attached hydrogens (primary N) is 1. The molecular formula is C12H12FN5O2S. The van der Waals surface area contributed by atoms with Crippen molar-refractivity contribution >= 4 is 16.0 Å². The van der Waals surface area contributed by atoms with Crippen LogP contribution in [0.25, 0.3) is 0 Å². The molecule has 0 atom stereocenters. The van der Waals surface area contributed by atoms with Crippen molar-refractivity contribution in [3.8, 4) is 11.8 Å². The van der Waals surface area contributed by atoms with Crippen LogP contribution in [0.1, 0.15) is 5.56 Å². The third-order valence-corrected chi connectivity index (χ3v) is 3.84. The standard InChI is InChI=1S/C12H12FN5O2S/c1-18-12(15-8-16-18)17-21(19,20)10-5-4-9(3-2-6-14)11(13)7-10/h4-5,7-8H,6,14H2,1H3,(H,15,16,17). The monoisotopic (exact) mass is 309 g/mol. The fraction of sp³-hybridized carbons (Fsp3) is 0.167. The molecule has 0 spiro atoms. The first-order chi connectivity index (χ1) is 9.94. The molecule has 0 radical (unpaired) electrons. The second-order valence-corrected chi connectivity index (χ2v) is 5.64. The summed E-state index contributed by atoms with van der Waals surface area (Å²) in [6.45, 7) is 0.0905. The Morgan fingerprint density at radius 2 is 2.24 bits per heavy atom. The first-order valence-corrected chi connectivity index (χ1v) is 7.27. The van der Waals surface area contributed by atoms with Crippen molar-refractivity contribution in [2.24, 2.45) is 12.8 Å². The van der Waals surface area contributed by atoms with Gasteiger partial charge in [-0.3, -0.25) is 0 Å². The van der Waals surface area contributed by atoms with E-state index < -0.39 is 15.8 Å². The highest BCUT2D eigenvalue weighted by Gasteiger charge is 2.18. The van der Waals surface area contributed by atoms with E-state index in [0.29, 0.717) is 0 Å². The molecule has 0 amide bonds. The Morgan fingerprint density at radius 1 is 1.48 bits per heavy atom. The molecule has 0 aliphatic rings. The topological polar surface area (TPSA) is 103 Å². The second-order valence-electron chi connectivity index (χ2n) is 3.96. The van der Waals surface area contributed by atoms with Gasteiger partial charge in [-0.2, -0.15) is 10.1 Å². The highest BCUT2D eigenvalue weighted by atomic mass is 32.2. The molecule has 1 aromatic heterocycles. The van der Waals surface area contributed by atoms with Crippen LogP contribution in [0, 0.1) is 17.7 Å². The molecule has 110 valence electrons. The van der Waals surface area contributed by atoms with E-state index in [1.165, 1.54) is 30.2 Å². The van der Waals surface area contributed by atoms with Crippen molar-refractivity contribution in [3.63, 3.8) is 0 Å². The summed E-state index contributed by atoms with van der Waals surface area (Å²) in [4.78, 5) is 3.50. The summed E-state index contributed by atoms with van der Waals surface area (Å²) in [5.41, 5.74) is 5.28. The zero-order chi connectivity index (χ0) is 15.5. The molecule has 3 N–H and O–H groups in total. The number of sulfonamides is 1. The smallest absolute Gasteiger partial charge is 0.264 e. The fourth-order valence-corrected chi connectivity index (χ4v) is 2.53. The largest absolute Gasteiger partial charge is 0.320 e. The quantitative estimate of drug-likeness (QED) is 0.781. The normalized spacial score (nSPS) is 10.8. The first-order valence-electron chi connectivity index (χ1n) is 5.79. The average molecular weight is 309 g/mol. The lowest BCUT2D eigenvalue weighted by atomic mass is 10.2. The van der Waals surface area contributed by atoms with Gasteiger partial charge in [-0.25, -0.2) is 22.2 Å². The number of nitrogens with zero attached hydrogens (tertiary/aromatic N) is 3. The Labute approximate surface area is 121 Å². The maximum atomic E-state index is 13.8. The number of hydrogen-bond acceptors (Lipinski definition) is 5. The zero-order valence-corrected chi connectivity index (χ0v) is 11.9. The number of benzene rings is 1. The van der Waals surface area contributed by atoms with E-state index in [0.717, 1.165) is 6.07 Å². The van der Waals surface area contributed by atoms with Crippen LogP contribution >= 0.6 is 0 Å². The molecule has 0 aliphatic heterocycles. The third kappa shape index (κ3) is 3.36. The summed E-state index contributed by atoms with van der Waals surface area (Å²) < 4.78 is 41.5. The van der Waals surface area contributed by atoms with Crippen LogP contribution in [0.2, 0.25) is 0 Å². The maximum Gasteiger partial charge on any atom is 0.264 e. The summed E-state index contributed by atoms with van der Waals surface area (Å²) in [5.74, 6) is 4.30. The minimum atomic E-state index is -3.95. The van der Waals surface area contributed by atoms with Crippen molar-refractivity contribution in [3.05, 3.63) is 35.9 Å². The molecule has 9 heteroatoms. The van der Waals surface area contributed by atoms with Crippen LogP contribution < -0.4 is 10.5 Å². The number of aryl methyl sites for hydroxylation is 1. The highest BCUT2D eigenvalue weighted by Crippen LogP contribution is 2.17. The van der Waals surface area contributed by atoms with Gasteiger partial charge in [0.1, 0.15) is 12.1 Å². The van der Waals surface area contributed by atoms with Crippen LogP contribution in [-0.4, -0.2) is 29.7 Å². The third-order valence-electron chi connectivity index (χ3n) is 2.51. The average Bonchev–Trinajstić information content (AvgIpc) is 2.82. The fourth-order valence-electron chi connectivity index (χ4n) is 1.48. The second kappa shape index (κ2) is 5.90. The van der Waals surface area contributed by atoms with Crippen molar-refractivity contribution < 1.29 is 12.8 Å². The molecule has 0 saturated heterocycles. The number of halogens is 1. The molecule has 7 nitrogen and oxygen atoms in total. The molecule has 1 heterocycles. The number of anilines is 1. The van der Waals surface area contributed by atoms with Crippen molar-refractivity contribution in [1.29, 1.82) is 0 Å². The number of nitrogens with one attached hydrogen (secondary N) is 1. The van der Waals surface area contributed by atoms with Crippen LogP contribution in [0.15, 0.2) is 29.4 Å². The molecule has 0 unspecified atom stereocenters. The number of hydrogen-bond donors (Lipinski definition) is 2. The number of rotatable bonds is 3. The summed E-state index contributed by atoms with van der Waals surface area (Å²) in [6, 6.07) is 3.42. The van der Waals surface area contributed by atoms with Gasteiger partial charge in [-0.1, -0.05) is 11.8 Å². The van der Waals surface area contributed by atoms with Crippen LogP contribution in [-0.2, 0) is 17.1 Å². The van der Waals surface area contributed by atoms with E-state index in [-0.39, 0.29) is 23.0 Å². The van der Waals surface area contributed by atoms with Gasteiger partial charge < -0.3 is 5.73 Å². The Bertz CT molecular complexity index is 820. The Kier molecular flexibility index (Phi) is 4.21. The lowest BCUT2D eigenvalue weighted by molar-refractivity contribution is 0.593. The van der Waals surface area contributed by atoms with Gasteiger partial charge in [-0.15, -0.1) is 0 Å². The summed E-state index contributed by atoms with van der Waals surface area (Å²) in [7, 11) is -2.43. The molecule has 0 aliphatic carbocycles. The van der Waals surface area contributed by atoms with Gasteiger partial charge in [-0.05, 0) is 18.2 Å². The molecule has 0 saturated carbocycles. The molecule has 0 bridgehead atoms. The maximum absolute atomic E-state index is 13.8. The van der Waals surface area contributed by atoms with Gasteiger partial charge in [0.05, 0.1) is 17.0 Å². The van der Waals surface area contributed by atoms with Gasteiger partial charge in [0, 0.05) is 7.05 Å². The van der Waals surface area contributed by atoms with Crippen LogP contribution in [0.4, 0.5) is 10.3 Å². The van der Waals surface area contributed by atoms with Crippen molar-refractivity contribution in [1.82, 2.24) is 14.8 Å². The van der Waals surface area contributed by atoms with E-state index in [9.17, 15) is 12.8 Å². The Hall–Kier alpha value is -2.44. The molecule has 2 rings (SSSR count). The number of aromatic nitrogens is 3. The van der Waals surface area contributed by atoms with Gasteiger partial charge in [0.25, 0.3) is 10.0 Å². The zero-order valence-electron chi connectivity index (χ0n) is 11.0. The molecule has 0 fully saturated rings. The minimum absolute atomic E-state index is 0.0300. The summed E-state index contributed by atoms with van der Waals surface area (Å²) >= 11 is 0. The molecular weight excluding hydrogens is 297 g/mol. The SMILES string of the molecule is Cn1ncnc1NS(=O)(=O)c1ccc(C#CCN)c(F)c1. The van der Waals surface area contributed by atoms with Gasteiger partial charge in [0.15, 0.2) is 0 Å². The predicted molar refractivity (Wildman–Crippen MR) is 74.1 cm³/mol. The molecule has 21 heavy (non-hydrogen) atoms. The Morgan fingerprint density at radius 3 is 2.81 bits per heavy atom. The Balaban J connectivity index is 2.33. The lowest BCUT2D eigenvalue weighted by Crippen LogP contribution is -2.16. The van der Waals surface area contributed by atoms with Crippen LogP contribution in [0.3, 0.4) is 0 Å². The van der Waals surface area contributed by atoms with E-state index >= 15 is 0 Å². The summed E-state index contributed by atoms with van der Waals surface area (Å²) in [5, 5.41) is 3.73. The lowest BCUT2D eigenvalue weighted by Gasteiger charge is -2.07. The van der Waals surface area contributed by atoms with Gasteiger partial charge >= 0.3 is 0 Å². The summed E-state index contributed by atoms with van der Waals surface area (Å²) in [6.07, 6.45) is 1.20. The van der Waals surface area contributed by atoms with E-state index in [1.54, 1.807) is 0 Å². The van der Waals surface area contributed by atoms with E-state index in [2.05, 4.69) is 26.6 Å². The molecule has 2 aromatic rings. The van der Waals surface area contributed by atoms with E-state index in [1.807, 2.05) is 0 Å². The molecule has 1 aromatic carbocycles. The predicted octanol–water partition coefficient (Wildman–Crippen LogP) is 0.0652. The van der Waals surface area contributed by atoms with Gasteiger partial charge in [0.2, 0.25) is 5.95 Å². The first kappa shape index (κ1) is 15.0. The van der Waals surface area contributed by atoms with Crippen LogP contribution in [0.5, 0.6) is 0 Å². The highest BCUT2D eigenvalue weighted by molar-refractivity contribution is 7.92. The van der Waals surface area contributed by atoms with Crippen molar-refractivity contribution in [2.75, 3.05) is 11.3 Å². The minimum Gasteiger partial charge on any atom is -0.320 e. The van der Waals surface area contributed by atoms with E-state index in [4.69, 9.17) is 5.73 Å².